The van der Waals surface area contributed by atoms with Crippen LogP contribution in [-0.4, -0.2) is 28.9 Å². The topological polar surface area (TPSA) is 66.6 Å². The second-order valence-electron chi connectivity index (χ2n) is 4.35. The summed E-state index contributed by atoms with van der Waals surface area (Å²) in [4.78, 5) is 16.9. The molecule has 0 saturated heterocycles. The fourth-order valence-corrected chi connectivity index (χ4v) is 2.72. The number of phenolic OH excluding ortho intramolecular Hbond substituents is 1. The van der Waals surface area contributed by atoms with Gasteiger partial charge in [-0.1, -0.05) is 0 Å². The van der Waals surface area contributed by atoms with Crippen molar-refractivity contribution in [3.8, 4) is 5.75 Å². The van der Waals surface area contributed by atoms with Gasteiger partial charge in [0, 0.05) is 36.9 Å². The molecule has 2 aromatic rings. The fourth-order valence-electron chi connectivity index (χ4n) is 2.47. The molecule has 1 aromatic carbocycles. The van der Waals surface area contributed by atoms with Gasteiger partial charge < -0.3 is 14.4 Å². The van der Waals surface area contributed by atoms with E-state index in [9.17, 15) is 9.90 Å². The minimum Gasteiger partial charge on any atom is -0.504 e. The number of amides is 1. The van der Waals surface area contributed by atoms with Crippen LogP contribution >= 0.6 is 11.6 Å². The lowest BCUT2D eigenvalue weighted by Gasteiger charge is -2.09. The Morgan fingerprint density at radius 1 is 1.72 bits per heavy atom. The highest BCUT2D eigenvalue weighted by Gasteiger charge is 2.32. The van der Waals surface area contributed by atoms with Crippen LogP contribution in [0.3, 0.4) is 0 Å². The Hall–Kier alpha value is -1.75. The van der Waals surface area contributed by atoms with Crippen molar-refractivity contribution in [1.82, 2.24) is 4.98 Å². The molecule has 1 aromatic heterocycles. The van der Waals surface area contributed by atoms with Crippen molar-refractivity contribution in [2.24, 2.45) is 0 Å². The molecular formula is C12H11ClN2O3. The predicted molar refractivity (Wildman–Crippen MR) is 67.3 cm³/mol. The molecule has 0 fully saturated rings. The van der Waals surface area contributed by atoms with Gasteiger partial charge >= 0.3 is 0 Å². The number of aromatic hydroxyl groups is 1. The molecule has 6 heteroatoms. The van der Waals surface area contributed by atoms with Crippen molar-refractivity contribution in [3.63, 3.8) is 0 Å². The van der Waals surface area contributed by atoms with E-state index in [1.165, 1.54) is 11.0 Å². The lowest BCUT2D eigenvalue weighted by Crippen LogP contribution is -2.19. The zero-order valence-electron chi connectivity index (χ0n) is 9.68. The number of carbonyl (C=O) groups excluding carboxylic acids is 1. The average molecular weight is 267 g/mol. The van der Waals surface area contributed by atoms with E-state index in [2.05, 4.69) is 4.98 Å². The molecule has 1 unspecified atom stereocenters. The Morgan fingerprint density at radius 2 is 2.50 bits per heavy atom. The number of aryl methyl sites for hydroxylation is 1. The number of benzene rings is 1. The first-order valence-electron chi connectivity index (χ1n) is 5.56. The van der Waals surface area contributed by atoms with E-state index in [0.29, 0.717) is 35.1 Å². The third-order valence-electron chi connectivity index (χ3n) is 3.22. The van der Waals surface area contributed by atoms with Gasteiger partial charge in [-0.05, 0) is 0 Å². The first-order valence-corrected chi connectivity index (χ1v) is 6.10. The number of anilines is 1. The molecule has 3 rings (SSSR count). The van der Waals surface area contributed by atoms with Gasteiger partial charge in [0.15, 0.2) is 17.2 Å². The highest BCUT2D eigenvalue weighted by atomic mass is 35.5. The number of alkyl halides is 1. The molecule has 1 aliphatic heterocycles. The molecule has 5 nitrogen and oxygen atoms in total. The summed E-state index contributed by atoms with van der Waals surface area (Å²) in [6.45, 7) is 2.22. The molecule has 94 valence electrons. The van der Waals surface area contributed by atoms with Gasteiger partial charge in [0.1, 0.15) is 5.52 Å². The lowest BCUT2D eigenvalue weighted by atomic mass is 10.0. The normalized spacial score (nSPS) is 18.3. The van der Waals surface area contributed by atoms with Gasteiger partial charge in [-0.15, -0.1) is 11.6 Å². The fraction of sp³-hybridized carbons (Fsp3) is 0.333. The van der Waals surface area contributed by atoms with E-state index in [0.717, 1.165) is 12.0 Å². The minimum absolute atomic E-state index is 0.00794. The van der Waals surface area contributed by atoms with E-state index in [-0.39, 0.29) is 11.7 Å². The minimum atomic E-state index is -0.00794. The van der Waals surface area contributed by atoms with Crippen molar-refractivity contribution < 1.29 is 14.3 Å². The van der Waals surface area contributed by atoms with E-state index in [1.807, 2.05) is 0 Å². The summed E-state index contributed by atoms with van der Waals surface area (Å²) in [6, 6.07) is 1.53. The Balaban J connectivity index is 2.36. The summed E-state index contributed by atoms with van der Waals surface area (Å²) in [5.41, 5.74) is 2.49. The number of rotatable bonds is 2. The maximum Gasteiger partial charge on any atom is 0.214 e. The number of hydrogen-bond donors (Lipinski definition) is 1. The number of fused-ring (bicyclic) bond motifs is 3. The number of carbonyl (C=O) groups is 1. The highest BCUT2D eigenvalue weighted by molar-refractivity contribution is 6.18. The zero-order valence-corrected chi connectivity index (χ0v) is 10.4. The van der Waals surface area contributed by atoms with Crippen molar-refractivity contribution in [3.05, 3.63) is 17.5 Å². The van der Waals surface area contributed by atoms with Crippen LogP contribution < -0.4 is 4.90 Å². The standard InChI is InChI=1S/C12H11ClN2O3/c1-6-14-11-10-7(3-13)4-15(5-16)8(10)2-9(17)12(11)18-6/h2,5,7,17H,3-4H2,1H3. The second kappa shape index (κ2) is 3.88. The van der Waals surface area contributed by atoms with Crippen LogP contribution in [0.5, 0.6) is 5.75 Å². The number of aromatic nitrogens is 1. The molecule has 0 bridgehead atoms. The summed E-state index contributed by atoms with van der Waals surface area (Å²) in [5.74, 6) is 0.876. The molecule has 1 N–H and O–H groups in total. The van der Waals surface area contributed by atoms with Crippen LogP contribution in [0, 0.1) is 6.92 Å². The molecule has 18 heavy (non-hydrogen) atoms. The maximum atomic E-state index is 11.0. The van der Waals surface area contributed by atoms with Gasteiger partial charge in [-0.2, -0.15) is 0 Å². The number of phenols is 1. The van der Waals surface area contributed by atoms with Crippen LogP contribution in [0.2, 0.25) is 0 Å². The molecule has 0 aliphatic carbocycles. The second-order valence-corrected chi connectivity index (χ2v) is 4.66. The van der Waals surface area contributed by atoms with Gasteiger partial charge in [0.2, 0.25) is 6.41 Å². The van der Waals surface area contributed by atoms with Gasteiger partial charge in [-0.3, -0.25) is 4.79 Å². The van der Waals surface area contributed by atoms with E-state index < -0.39 is 0 Å². The monoisotopic (exact) mass is 266 g/mol. The summed E-state index contributed by atoms with van der Waals surface area (Å²) < 4.78 is 5.37. The van der Waals surface area contributed by atoms with E-state index in [4.69, 9.17) is 16.0 Å². The first kappa shape index (κ1) is 11.3. The van der Waals surface area contributed by atoms with Crippen LogP contribution in [0.15, 0.2) is 10.5 Å². The first-order chi connectivity index (χ1) is 8.65. The predicted octanol–water partition coefficient (Wildman–Crippen LogP) is 2.14. The number of hydrogen-bond acceptors (Lipinski definition) is 4. The van der Waals surface area contributed by atoms with Crippen molar-refractivity contribution in [2.75, 3.05) is 17.3 Å². The van der Waals surface area contributed by atoms with Crippen molar-refractivity contribution >= 4 is 34.8 Å². The van der Waals surface area contributed by atoms with Gasteiger partial charge in [0.05, 0.1) is 5.69 Å². The zero-order chi connectivity index (χ0) is 12.9. The van der Waals surface area contributed by atoms with Crippen LogP contribution in [0.4, 0.5) is 5.69 Å². The Labute approximate surface area is 108 Å². The number of nitrogens with zero attached hydrogens (tertiary/aromatic N) is 2. The molecule has 0 radical (unpaired) electrons. The van der Waals surface area contributed by atoms with Gasteiger partial charge in [-0.25, -0.2) is 4.98 Å². The Bertz CT molecular complexity index is 638. The molecular weight excluding hydrogens is 256 g/mol. The highest BCUT2D eigenvalue weighted by Crippen LogP contribution is 2.44. The SMILES string of the molecule is Cc1nc2c3c(cc(O)c2o1)N(C=O)CC3CCl. The maximum absolute atomic E-state index is 11.0. The molecule has 0 saturated carbocycles. The lowest BCUT2D eigenvalue weighted by molar-refractivity contribution is -0.107. The summed E-state index contributed by atoms with van der Waals surface area (Å²) in [5, 5.41) is 9.91. The summed E-state index contributed by atoms with van der Waals surface area (Å²) in [7, 11) is 0. The van der Waals surface area contributed by atoms with Crippen molar-refractivity contribution in [1.29, 1.82) is 0 Å². The average Bonchev–Trinajstić information content (AvgIpc) is 2.89. The smallest absolute Gasteiger partial charge is 0.214 e. The third kappa shape index (κ3) is 1.40. The van der Waals surface area contributed by atoms with Crippen LogP contribution in [0.25, 0.3) is 11.1 Å². The molecule has 2 heterocycles. The molecule has 1 aliphatic rings. The molecule has 1 atom stereocenters. The summed E-state index contributed by atoms with van der Waals surface area (Å²) in [6.07, 6.45) is 0.740. The number of oxazole rings is 1. The van der Waals surface area contributed by atoms with Crippen molar-refractivity contribution in [2.45, 2.75) is 12.8 Å². The van der Waals surface area contributed by atoms with Crippen LogP contribution in [0.1, 0.15) is 17.4 Å². The van der Waals surface area contributed by atoms with E-state index in [1.54, 1.807) is 6.92 Å². The number of halogens is 1. The Kier molecular flexibility index (Phi) is 2.45. The van der Waals surface area contributed by atoms with Crippen LogP contribution in [-0.2, 0) is 4.79 Å². The molecule has 0 spiro atoms. The third-order valence-corrected chi connectivity index (χ3v) is 3.59. The summed E-state index contributed by atoms with van der Waals surface area (Å²) >= 11 is 5.94. The molecule has 1 amide bonds. The van der Waals surface area contributed by atoms with Gasteiger partial charge in [0.25, 0.3) is 0 Å². The Morgan fingerprint density at radius 3 is 3.17 bits per heavy atom. The largest absolute Gasteiger partial charge is 0.504 e. The quantitative estimate of drug-likeness (QED) is 0.668. The van der Waals surface area contributed by atoms with E-state index >= 15 is 0 Å².